The van der Waals surface area contributed by atoms with Gasteiger partial charge < -0.3 is 4.90 Å². The third-order valence-electron chi connectivity index (χ3n) is 3.73. The normalized spacial score (nSPS) is 20.5. The van der Waals surface area contributed by atoms with Gasteiger partial charge in [0.2, 0.25) is 5.91 Å². The van der Waals surface area contributed by atoms with Gasteiger partial charge in [0.1, 0.15) is 6.07 Å². The van der Waals surface area contributed by atoms with Gasteiger partial charge in [0.15, 0.2) is 0 Å². The van der Waals surface area contributed by atoms with Crippen molar-refractivity contribution in [1.29, 1.82) is 5.26 Å². The Hall–Kier alpha value is -1.83. The average Bonchev–Trinajstić information content (AvgIpc) is 2.61. The van der Waals surface area contributed by atoms with Crippen molar-refractivity contribution in [2.24, 2.45) is 5.92 Å². The number of aromatic nitrogens is 2. The summed E-state index contributed by atoms with van der Waals surface area (Å²) in [6.45, 7) is 1.48. The lowest BCUT2D eigenvalue weighted by atomic mass is 9.83. The molecule has 17 heavy (non-hydrogen) atoms. The van der Waals surface area contributed by atoms with Gasteiger partial charge in [-0.2, -0.15) is 10.4 Å². The van der Waals surface area contributed by atoms with Crippen LogP contribution < -0.4 is 0 Å². The fraction of sp³-hybridized carbons (Fsp3) is 0.583. The fourth-order valence-corrected chi connectivity index (χ4v) is 2.31. The monoisotopic (exact) mass is 230 g/mol. The molecule has 0 aromatic carbocycles. The molecule has 2 heterocycles. The molecule has 5 nitrogen and oxygen atoms in total. The van der Waals surface area contributed by atoms with Crippen molar-refractivity contribution in [1.82, 2.24) is 14.7 Å². The van der Waals surface area contributed by atoms with Crippen molar-refractivity contribution in [3.63, 3.8) is 0 Å². The molecule has 0 spiro atoms. The smallest absolute Gasteiger partial charge is 0.225 e. The van der Waals surface area contributed by atoms with E-state index in [2.05, 4.69) is 11.2 Å². The Balaban J connectivity index is 1.57. The zero-order valence-corrected chi connectivity index (χ0v) is 9.54. The second kappa shape index (κ2) is 3.88. The first-order chi connectivity index (χ1) is 8.28. The van der Waals surface area contributed by atoms with Crippen LogP contribution in [0.5, 0.6) is 0 Å². The number of amides is 1. The molecule has 0 radical (unpaired) electrons. The first-order valence-corrected chi connectivity index (χ1v) is 6.01. The van der Waals surface area contributed by atoms with Gasteiger partial charge in [-0.3, -0.25) is 9.48 Å². The number of likely N-dealkylation sites (tertiary alicyclic amines) is 1. The Kier molecular flexibility index (Phi) is 2.36. The summed E-state index contributed by atoms with van der Waals surface area (Å²) in [6.07, 6.45) is 6.62. The number of carbonyl (C=O) groups is 1. The van der Waals surface area contributed by atoms with E-state index in [-0.39, 0.29) is 12.0 Å². The zero-order valence-electron chi connectivity index (χ0n) is 9.54. The largest absolute Gasteiger partial charge is 0.338 e. The highest BCUT2D eigenvalue weighted by Crippen LogP contribution is 2.31. The van der Waals surface area contributed by atoms with Crippen LogP contribution in [0.2, 0.25) is 0 Å². The quantitative estimate of drug-likeness (QED) is 0.759. The van der Waals surface area contributed by atoms with Gasteiger partial charge in [-0.15, -0.1) is 0 Å². The minimum Gasteiger partial charge on any atom is -0.338 e. The van der Waals surface area contributed by atoms with Crippen LogP contribution in [0, 0.1) is 17.2 Å². The van der Waals surface area contributed by atoms with E-state index in [1.165, 1.54) is 6.42 Å². The van der Waals surface area contributed by atoms with Crippen LogP contribution in [0.3, 0.4) is 0 Å². The Morgan fingerprint density at radius 1 is 1.47 bits per heavy atom. The number of rotatable bonds is 2. The topological polar surface area (TPSA) is 61.9 Å². The zero-order chi connectivity index (χ0) is 11.8. The summed E-state index contributed by atoms with van der Waals surface area (Å²) in [7, 11) is 0. The van der Waals surface area contributed by atoms with Gasteiger partial charge in [0, 0.05) is 25.2 Å². The second-order valence-electron chi connectivity index (χ2n) is 4.85. The summed E-state index contributed by atoms with van der Waals surface area (Å²) >= 11 is 0. The fourth-order valence-electron chi connectivity index (χ4n) is 2.31. The number of hydrogen-bond donors (Lipinski definition) is 0. The van der Waals surface area contributed by atoms with Crippen molar-refractivity contribution in [2.75, 3.05) is 13.1 Å². The molecule has 88 valence electrons. The minimum atomic E-state index is 0.251. The van der Waals surface area contributed by atoms with Crippen LogP contribution >= 0.6 is 0 Å². The van der Waals surface area contributed by atoms with Crippen molar-refractivity contribution < 1.29 is 4.79 Å². The predicted octanol–water partition coefficient (Wildman–Crippen LogP) is 0.938. The van der Waals surface area contributed by atoms with Gasteiger partial charge in [0.25, 0.3) is 0 Å². The maximum absolute atomic E-state index is 11.9. The molecule has 3 rings (SSSR count). The molecule has 0 N–H and O–H groups in total. The molecule has 1 aromatic heterocycles. The van der Waals surface area contributed by atoms with Crippen LogP contribution in [-0.4, -0.2) is 33.7 Å². The third-order valence-corrected chi connectivity index (χ3v) is 3.73. The van der Waals surface area contributed by atoms with Crippen LogP contribution in [0.4, 0.5) is 0 Å². The van der Waals surface area contributed by atoms with Crippen LogP contribution in [0.15, 0.2) is 12.4 Å². The lowest BCUT2D eigenvalue weighted by Gasteiger charge is -2.42. The second-order valence-corrected chi connectivity index (χ2v) is 4.85. The number of hydrogen-bond acceptors (Lipinski definition) is 3. The SMILES string of the molecule is N#Cc1cnn(C2CN(C(=O)C3CCC3)C2)c1. The van der Waals surface area contributed by atoms with E-state index in [1.807, 2.05) is 4.90 Å². The van der Waals surface area contributed by atoms with E-state index in [1.54, 1.807) is 17.1 Å². The Labute approximate surface area is 99.6 Å². The first-order valence-electron chi connectivity index (χ1n) is 6.01. The molecule has 5 heteroatoms. The summed E-state index contributed by atoms with van der Waals surface area (Å²) in [4.78, 5) is 13.8. The molecule has 0 unspecified atom stereocenters. The minimum absolute atomic E-state index is 0.251. The molecular formula is C12H14N4O. The lowest BCUT2D eigenvalue weighted by Crippen LogP contribution is -2.53. The summed E-state index contributed by atoms with van der Waals surface area (Å²) in [5, 5.41) is 12.8. The van der Waals surface area contributed by atoms with Crippen LogP contribution in [-0.2, 0) is 4.79 Å². The van der Waals surface area contributed by atoms with Crippen molar-refractivity contribution in [3.8, 4) is 6.07 Å². The maximum Gasteiger partial charge on any atom is 0.225 e. The van der Waals surface area contributed by atoms with Crippen LogP contribution in [0.1, 0.15) is 30.9 Å². The predicted molar refractivity (Wildman–Crippen MR) is 59.9 cm³/mol. The molecule has 1 aliphatic heterocycles. The summed E-state index contributed by atoms with van der Waals surface area (Å²) in [5.41, 5.74) is 0.578. The third kappa shape index (κ3) is 1.70. The highest BCUT2D eigenvalue weighted by atomic mass is 16.2. The lowest BCUT2D eigenvalue weighted by molar-refractivity contribution is -0.144. The summed E-state index contributed by atoms with van der Waals surface area (Å²) in [6, 6.07) is 2.31. The van der Waals surface area contributed by atoms with E-state index < -0.39 is 0 Å². The Bertz CT molecular complexity index is 477. The maximum atomic E-state index is 11.9. The van der Waals surface area contributed by atoms with Crippen molar-refractivity contribution >= 4 is 5.91 Å². The molecule has 1 aliphatic carbocycles. The molecule has 1 amide bonds. The number of carbonyl (C=O) groups excluding carboxylic acids is 1. The molecule has 1 saturated heterocycles. The van der Waals surface area contributed by atoms with Gasteiger partial charge in [0.05, 0.1) is 17.8 Å². The standard InChI is InChI=1S/C12H14N4O/c13-4-9-5-14-16(6-9)11-7-15(8-11)12(17)10-2-1-3-10/h5-6,10-11H,1-3,7-8H2. The Morgan fingerprint density at radius 2 is 2.24 bits per heavy atom. The molecule has 0 bridgehead atoms. The number of nitriles is 1. The van der Waals surface area contributed by atoms with Gasteiger partial charge in [-0.05, 0) is 12.8 Å². The summed E-state index contributed by atoms with van der Waals surface area (Å²) in [5.74, 6) is 0.586. The molecule has 1 aromatic rings. The average molecular weight is 230 g/mol. The van der Waals surface area contributed by atoms with E-state index in [0.717, 1.165) is 25.9 Å². The molecule has 2 aliphatic rings. The van der Waals surface area contributed by atoms with E-state index in [0.29, 0.717) is 11.5 Å². The number of nitrogens with zero attached hydrogens (tertiary/aromatic N) is 4. The van der Waals surface area contributed by atoms with Gasteiger partial charge in [-0.1, -0.05) is 6.42 Å². The van der Waals surface area contributed by atoms with Crippen molar-refractivity contribution in [2.45, 2.75) is 25.3 Å². The molecule has 0 atom stereocenters. The van der Waals surface area contributed by atoms with Crippen molar-refractivity contribution in [3.05, 3.63) is 18.0 Å². The molecule has 2 fully saturated rings. The Morgan fingerprint density at radius 3 is 2.76 bits per heavy atom. The highest BCUT2D eigenvalue weighted by Gasteiger charge is 2.37. The molecular weight excluding hydrogens is 216 g/mol. The highest BCUT2D eigenvalue weighted by molar-refractivity contribution is 5.80. The van der Waals surface area contributed by atoms with E-state index >= 15 is 0 Å². The molecule has 1 saturated carbocycles. The van der Waals surface area contributed by atoms with E-state index in [9.17, 15) is 4.79 Å². The first kappa shape index (κ1) is 10.3. The van der Waals surface area contributed by atoms with Gasteiger partial charge in [-0.25, -0.2) is 0 Å². The summed E-state index contributed by atoms with van der Waals surface area (Å²) < 4.78 is 1.79. The van der Waals surface area contributed by atoms with Gasteiger partial charge >= 0.3 is 0 Å². The van der Waals surface area contributed by atoms with E-state index in [4.69, 9.17) is 5.26 Å². The van der Waals surface area contributed by atoms with Crippen LogP contribution in [0.25, 0.3) is 0 Å².